The molecular formula is C11H14FNO4S. The molecule has 1 aromatic rings. The van der Waals surface area contributed by atoms with Gasteiger partial charge in [0.15, 0.2) is 0 Å². The summed E-state index contributed by atoms with van der Waals surface area (Å²) >= 11 is 0. The molecular weight excluding hydrogens is 261 g/mol. The third-order valence-electron chi connectivity index (χ3n) is 2.46. The number of carboxylic acids is 1. The minimum Gasteiger partial charge on any atom is -0.480 e. The lowest BCUT2D eigenvalue weighted by atomic mass is 10.2. The van der Waals surface area contributed by atoms with E-state index in [1.54, 1.807) is 0 Å². The van der Waals surface area contributed by atoms with Gasteiger partial charge in [0.05, 0.1) is 4.90 Å². The maximum Gasteiger partial charge on any atom is 0.321 e. The van der Waals surface area contributed by atoms with Crippen LogP contribution in [0.25, 0.3) is 0 Å². The summed E-state index contributed by atoms with van der Waals surface area (Å²) in [6.45, 7) is 3.04. The van der Waals surface area contributed by atoms with E-state index in [1.807, 2.05) is 4.72 Å². The smallest absolute Gasteiger partial charge is 0.321 e. The molecule has 18 heavy (non-hydrogen) atoms. The minimum absolute atomic E-state index is 0.100. The largest absolute Gasteiger partial charge is 0.480 e. The highest BCUT2D eigenvalue weighted by atomic mass is 32.2. The van der Waals surface area contributed by atoms with Crippen molar-refractivity contribution in [3.05, 3.63) is 29.6 Å². The molecule has 0 aliphatic carbocycles. The highest BCUT2D eigenvalue weighted by molar-refractivity contribution is 7.89. The van der Waals surface area contributed by atoms with Gasteiger partial charge in [0.1, 0.15) is 11.9 Å². The van der Waals surface area contributed by atoms with Crippen molar-refractivity contribution in [1.29, 1.82) is 0 Å². The van der Waals surface area contributed by atoms with E-state index < -0.39 is 27.9 Å². The molecule has 0 heterocycles. The van der Waals surface area contributed by atoms with Gasteiger partial charge < -0.3 is 5.11 Å². The number of aryl methyl sites for hydroxylation is 1. The zero-order valence-corrected chi connectivity index (χ0v) is 10.8. The first-order valence-electron chi connectivity index (χ1n) is 5.29. The number of carbonyl (C=O) groups is 1. The van der Waals surface area contributed by atoms with Gasteiger partial charge >= 0.3 is 5.97 Å². The van der Waals surface area contributed by atoms with Gasteiger partial charge in [0.25, 0.3) is 0 Å². The fourth-order valence-corrected chi connectivity index (χ4v) is 2.59. The van der Waals surface area contributed by atoms with Crippen LogP contribution in [0.4, 0.5) is 4.39 Å². The third-order valence-corrected chi connectivity index (χ3v) is 3.93. The fourth-order valence-electron chi connectivity index (χ4n) is 1.30. The Morgan fingerprint density at radius 2 is 2.11 bits per heavy atom. The molecule has 0 saturated heterocycles. The van der Waals surface area contributed by atoms with Crippen molar-refractivity contribution in [2.24, 2.45) is 0 Å². The molecule has 1 rings (SSSR count). The molecule has 0 amide bonds. The average molecular weight is 275 g/mol. The van der Waals surface area contributed by atoms with Crippen molar-refractivity contribution < 1.29 is 22.7 Å². The molecule has 0 radical (unpaired) electrons. The molecule has 0 spiro atoms. The molecule has 0 bridgehead atoms. The maximum atomic E-state index is 13.3. The number of rotatable bonds is 5. The summed E-state index contributed by atoms with van der Waals surface area (Å²) in [6, 6.07) is 2.20. The molecule has 0 aromatic heterocycles. The highest BCUT2D eigenvalue weighted by Crippen LogP contribution is 2.14. The van der Waals surface area contributed by atoms with Crippen LogP contribution in [-0.4, -0.2) is 25.5 Å². The van der Waals surface area contributed by atoms with Crippen LogP contribution >= 0.6 is 0 Å². The monoisotopic (exact) mass is 275 g/mol. The Morgan fingerprint density at radius 1 is 1.50 bits per heavy atom. The lowest BCUT2D eigenvalue weighted by Gasteiger charge is -2.13. The van der Waals surface area contributed by atoms with Gasteiger partial charge in [-0.05, 0) is 31.0 Å². The number of sulfonamides is 1. The van der Waals surface area contributed by atoms with Crippen LogP contribution < -0.4 is 4.72 Å². The summed E-state index contributed by atoms with van der Waals surface area (Å²) < 4.78 is 38.9. The molecule has 1 unspecified atom stereocenters. The zero-order valence-electron chi connectivity index (χ0n) is 9.97. The number of hydrogen-bond donors (Lipinski definition) is 2. The summed E-state index contributed by atoms with van der Waals surface area (Å²) in [5, 5.41) is 8.78. The molecule has 0 aliphatic rings. The van der Waals surface area contributed by atoms with Gasteiger partial charge in [0.2, 0.25) is 10.0 Å². The quantitative estimate of drug-likeness (QED) is 0.847. The van der Waals surface area contributed by atoms with E-state index in [2.05, 4.69) is 0 Å². The Hall–Kier alpha value is -1.47. The second-order valence-electron chi connectivity index (χ2n) is 3.83. The van der Waals surface area contributed by atoms with Crippen LogP contribution in [-0.2, 0) is 14.8 Å². The summed E-state index contributed by atoms with van der Waals surface area (Å²) in [4.78, 5) is 10.5. The summed E-state index contributed by atoms with van der Waals surface area (Å²) in [5.74, 6) is -1.92. The number of hydrogen-bond acceptors (Lipinski definition) is 3. The molecule has 5 nitrogen and oxygen atoms in total. The first-order chi connectivity index (χ1) is 8.27. The first kappa shape index (κ1) is 14.6. The topological polar surface area (TPSA) is 83.5 Å². The first-order valence-corrected chi connectivity index (χ1v) is 6.77. The normalized spacial score (nSPS) is 13.3. The van der Waals surface area contributed by atoms with Crippen LogP contribution in [0.3, 0.4) is 0 Å². The number of benzene rings is 1. The SMILES string of the molecule is CCC(NS(=O)(=O)c1ccc(C)c(F)c1)C(=O)O. The Bertz CT molecular complexity index is 556. The van der Waals surface area contributed by atoms with E-state index >= 15 is 0 Å². The number of aliphatic carboxylic acids is 1. The predicted molar refractivity (Wildman–Crippen MR) is 63.2 cm³/mol. The zero-order chi connectivity index (χ0) is 13.9. The van der Waals surface area contributed by atoms with E-state index in [1.165, 1.54) is 26.0 Å². The maximum absolute atomic E-state index is 13.3. The number of nitrogens with one attached hydrogen (secondary N) is 1. The molecule has 0 aliphatic heterocycles. The van der Waals surface area contributed by atoms with Crippen molar-refractivity contribution in [3.63, 3.8) is 0 Å². The molecule has 0 fully saturated rings. The summed E-state index contributed by atoms with van der Waals surface area (Å²) in [7, 11) is -4.03. The van der Waals surface area contributed by atoms with Crippen molar-refractivity contribution >= 4 is 16.0 Å². The van der Waals surface area contributed by atoms with Crippen molar-refractivity contribution in [1.82, 2.24) is 4.72 Å². The highest BCUT2D eigenvalue weighted by Gasteiger charge is 2.24. The summed E-state index contributed by atoms with van der Waals surface area (Å²) in [5.41, 5.74) is 0.319. The van der Waals surface area contributed by atoms with Crippen molar-refractivity contribution in [2.75, 3.05) is 0 Å². The Labute approximate surface area is 105 Å². The third kappa shape index (κ3) is 3.27. The van der Waals surface area contributed by atoms with Crippen molar-refractivity contribution in [3.8, 4) is 0 Å². The van der Waals surface area contributed by atoms with Gasteiger partial charge in [-0.2, -0.15) is 4.72 Å². The lowest BCUT2D eigenvalue weighted by Crippen LogP contribution is -2.40. The molecule has 1 aromatic carbocycles. The molecule has 1 atom stereocenters. The molecule has 2 N–H and O–H groups in total. The van der Waals surface area contributed by atoms with Gasteiger partial charge in [-0.15, -0.1) is 0 Å². The Morgan fingerprint density at radius 3 is 2.56 bits per heavy atom. The van der Waals surface area contributed by atoms with Crippen LogP contribution in [0.5, 0.6) is 0 Å². The van der Waals surface area contributed by atoms with E-state index in [0.717, 1.165) is 6.07 Å². The molecule has 0 saturated carbocycles. The molecule has 100 valence electrons. The second-order valence-corrected chi connectivity index (χ2v) is 5.55. The van der Waals surface area contributed by atoms with Gasteiger partial charge in [0, 0.05) is 0 Å². The van der Waals surface area contributed by atoms with Crippen molar-refractivity contribution in [2.45, 2.75) is 31.2 Å². The van der Waals surface area contributed by atoms with Gasteiger partial charge in [-0.3, -0.25) is 4.79 Å². The van der Waals surface area contributed by atoms with E-state index in [4.69, 9.17) is 5.11 Å². The fraction of sp³-hybridized carbons (Fsp3) is 0.364. The van der Waals surface area contributed by atoms with Gasteiger partial charge in [-0.25, -0.2) is 12.8 Å². The lowest BCUT2D eigenvalue weighted by molar-refractivity contribution is -0.139. The standard InChI is InChI=1S/C11H14FNO4S/c1-3-10(11(14)15)13-18(16,17)8-5-4-7(2)9(12)6-8/h4-6,10,13H,3H2,1-2H3,(H,14,15). The average Bonchev–Trinajstić information content (AvgIpc) is 2.29. The number of halogens is 1. The van der Waals surface area contributed by atoms with Gasteiger partial charge in [-0.1, -0.05) is 13.0 Å². The van der Waals surface area contributed by atoms with Crippen LogP contribution in [0.15, 0.2) is 23.1 Å². The molecule has 7 heteroatoms. The van der Waals surface area contributed by atoms with E-state index in [-0.39, 0.29) is 11.3 Å². The van der Waals surface area contributed by atoms with Crippen LogP contribution in [0.1, 0.15) is 18.9 Å². The predicted octanol–water partition coefficient (Wildman–Crippen LogP) is 1.28. The Balaban J connectivity index is 3.06. The number of carboxylic acid groups (broad SMARTS) is 1. The second kappa shape index (κ2) is 5.45. The minimum atomic E-state index is -4.03. The summed E-state index contributed by atoms with van der Waals surface area (Å²) in [6.07, 6.45) is 0.100. The van der Waals surface area contributed by atoms with E-state index in [0.29, 0.717) is 5.56 Å². The van der Waals surface area contributed by atoms with Crippen LogP contribution in [0.2, 0.25) is 0 Å². The van der Waals surface area contributed by atoms with Crippen LogP contribution in [0, 0.1) is 12.7 Å². The van der Waals surface area contributed by atoms with E-state index in [9.17, 15) is 17.6 Å². The Kier molecular flexibility index (Phi) is 4.42.